The Bertz CT molecular complexity index is 544. The van der Waals surface area contributed by atoms with Crippen LogP contribution in [0.25, 0.3) is 0 Å². The fourth-order valence-corrected chi connectivity index (χ4v) is 2.21. The summed E-state index contributed by atoms with van der Waals surface area (Å²) in [6.07, 6.45) is 0. The quantitative estimate of drug-likeness (QED) is 0.784. The Morgan fingerprint density at radius 1 is 0.905 bits per heavy atom. The van der Waals surface area contributed by atoms with E-state index in [0.717, 1.165) is 31.2 Å². The van der Waals surface area contributed by atoms with Gasteiger partial charge in [-0.05, 0) is 54.8 Å². The van der Waals surface area contributed by atoms with E-state index in [-0.39, 0.29) is 0 Å². The summed E-state index contributed by atoms with van der Waals surface area (Å²) in [5.74, 6) is 1.75. The highest BCUT2D eigenvalue weighted by Gasteiger charge is 2.00. The molecule has 3 nitrogen and oxygen atoms in total. The van der Waals surface area contributed by atoms with Gasteiger partial charge in [0.15, 0.2) is 0 Å². The Balaban J connectivity index is 1.92. The molecule has 0 saturated heterocycles. The molecule has 112 valence electrons. The highest BCUT2D eigenvalue weighted by Crippen LogP contribution is 2.24. The van der Waals surface area contributed by atoms with Crippen LogP contribution in [0.3, 0.4) is 0 Å². The van der Waals surface area contributed by atoms with Crippen molar-refractivity contribution in [3.63, 3.8) is 0 Å². The first-order valence-electron chi connectivity index (χ1n) is 7.22. The molecule has 0 fully saturated rings. The summed E-state index contributed by atoms with van der Waals surface area (Å²) >= 11 is 0. The zero-order chi connectivity index (χ0) is 15.1. The van der Waals surface area contributed by atoms with Gasteiger partial charge in [0.1, 0.15) is 11.5 Å². The first kappa shape index (κ1) is 15.5. The summed E-state index contributed by atoms with van der Waals surface area (Å²) in [7, 11) is 1.71. The van der Waals surface area contributed by atoms with Crippen LogP contribution in [-0.2, 0) is 11.3 Å². The highest BCUT2D eigenvalue weighted by molar-refractivity contribution is 5.37. The molecular weight excluding hydrogens is 262 g/mol. The van der Waals surface area contributed by atoms with Crippen LogP contribution >= 0.6 is 0 Å². The van der Waals surface area contributed by atoms with Gasteiger partial charge >= 0.3 is 0 Å². The van der Waals surface area contributed by atoms with Crippen molar-refractivity contribution in [2.24, 2.45) is 0 Å². The van der Waals surface area contributed by atoms with Crippen LogP contribution in [0.5, 0.6) is 11.5 Å². The van der Waals surface area contributed by atoms with Crippen molar-refractivity contribution < 1.29 is 9.47 Å². The minimum atomic E-state index is 0.730. The Hall–Kier alpha value is -1.84. The van der Waals surface area contributed by atoms with Crippen molar-refractivity contribution in [1.29, 1.82) is 0 Å². The van der Waals surface area contributed by atoms with Crippen molar-refractivity contribution >= 4 is 0 Å². The van der Waals surface area contributed by atoms with Crippen molar-refractivity contribution in [3.8, 4) is 11.5 Å². The third-order valence-corrected chi connectivity index (χ3v) is 3.17. The maximum absolute atomic E-state index is 5.90. The number of benzene rings is 2. The molecule has 0 aromatic heterocycles. The molecule has 0 aliphatic heterocycles. The lowest BCUT2D eigenvalue weighted by atomic mass is 10.1. The number of ether oxygens (including phenoxy) is 2. The monoisotopic (exact) mass is 285 g/mol. The van der Waals surface area contributed by atoms with E-state index in [1.54, 1.807) is 7.11 Å². The van der Waals surface area contributed by atoms with E-state index in [1.807, 2.05) is 24.3 Å². The summed E-state index contributed by atoms with van der Waals surface area (Å²) in [6.45, 7) is 6.59. The first-order chi connectivity index (χ1) is 10.2. The van der Waals surface area contributed by atoms with E-state index in [4.69, 9.17) is 9.47 Å². The predicted molar refractivity (Wildman–Crippen MR) is 86.0 cm³/mol. The van der Waals surface area contributed by atoms with Crippen molar-refractivity contribution in [1.82, 2.24) is 5.32 Å². The van der Waals surface area contributed by atoms with E-state index >= 15 is 0 Å². The molecule has 0 aliphatic rings. The van der Waals surface area contributed by atoms with E-state index in [0.29, 0.717) is 0 Å². The van der Waals surface area contributed by atoms with Gasteiger partial charge in [-0.2, -0.15) is 0 Å². The number of aryl methyl sites for hydroxylation is 2. The SMILES string of the molecule is COCCNCc1ccc(Oc2cc(C)cc(C)c2)cc1. The molecule has 0 saturated carbocycles. The molecule has 21 heavy (non-hydrogen) atoms. The van der Waals surface area contributed by atoms with Gasteiger partial charge < -0.3 is 14.8 Å². The second-order valence-corrected chi connectivity index (χ2v) is 5.24. The second kappa shape index (κ2) is 7.81. The van der Waals surface area contributed by atoms with Crippen LogP contribution in [-0.4, -0.2) is 20.3 Å². The molecule has 0 atom stereocenters. The fraction of sp³-hybridized carbons (Fsp3) is 0.333. The van der Waals surface area contributed by atoms with Crippen LogP contribution < -0.4 is 10.1 Å². The van der Waals surface area contributed by atoms with Crippen LogP contribution in [0.1, 0.15) is 16.7 Å². The van der Waals surface area contributed by atoms with Crippen LogP contribution in [0.15, 0.2) is 42.5 Å². The van der Waals surface area contributed by atoms with Gasteiger partial charge in [0.25, 0.3) is 0 Å². The highest BCUT2D eigenvalue weighted by atomic mass is 16.5. The minimum absolute atomic E-state index is 0.730. The van der Waals surface area contributed by atoms with Crippen molar-refractivity contribution in [2.45, 2.75) is 20.4 Å². The number of methoxy groups -OCH3 is 1. The first-order valence-corrected chi connectivity index (χ1v) is 7.22. The largest absolute Gasteiger partial charge is 0.457 e. The molecular formula is C18H23NO2. The van der Waals surface area contributed by atoms with Crippen molar-refractivity contribution in [2.75, 3.05) is 20.3 Å². The molecule has 2 rings (SSSR count). The molecule has 0 heterocycles. The van der Waals surface area contributed by atoms with E-state index < -0.39 is 0 Å². The molecule has 2 aromatic rings. The standard InChI is InChI=1S/C18H23NO2/c1-14-10-15(2)12-18(11-14)21-17-6-4-16(5-7-17)13-19-8-9-20-3/h4-7,10-12,19H,8-9,13H2,1-3H3. The normalized spacial score (nSPS) is 10.6. The summed E-state index contributed by atoms with van der Waals surface area (Å²) in [5.41, 5.74) is 3.66. The van der Waals surface area contributed by atoms with Gasteiger partial charge in [-0.3, -0.25) is 0 Å². The molecule has 0 radical (unpaired) electrons. The molecule has 0 spiro atoms. The Kier molecular flexibility index (Phi) is 5.78. The average Bonchev–Trinajstić information content (AvgIpc) is 2.44. The second-order valence-electron chi connectivity index (χ2n) is 5.24. The lowest BCUT2D eigenvalue weighted by Crippen LogP contribution is -2.18. The zero-order valence-corrected chi connectivity index (χ0v) is 13.0. The number of nitrogens with one attached hydrogen (secondary N) is 1. The van der Waals surface area contributed by atoms with Crippen LogP contribution in [0.2, 0.25) is 0 Å². The van der Waals surface area contributed by atoms with Gasteiger partial charge in [0, 0.05) is 20.2 Å². The van der Waals surface area contributed by atoms with Gasteiger partial charge in [-0.1, -0.05) is 18.2 Å². The summed E-state index contributed by atoms with van der Waals surface area (Å²) in [6, 6.07) is 14.4. The Morgan fingerprint density at radius 3 is 2.19 bits per heavy atom. The maximum Gasteiger partial charge on any atom is 0.127 e. The molecule has 0 amide bonds. The summed E-state index contributed by atoms with van der Waals surface area (Å²) in [5, 5.41) is 3.32. The van der Waals surface area contributed by atoms with Crippen LogP contribution in [0.4, 0.5) is 0 Å². The number of rotatable bonds is 7. The maximum atomic E-state index is 5.90. The van der Waals surface area contributed by atoms with Crippen LogP contribution in [0, 0.1) is 13.8 Å². The Labute approximate surface area is 126 Å². The third-order valence-electron chi connectivity index (χ3n) is 3.17. The van der Waals surface area contributed by atoms with Gasteiger partial charge in [-0.15, -0.1) is 0 Å². The number of hydrogen-bond donors (Lipinski definition) is 1. The molecule has 3 heteroatoms. The van der Waals surface area contributed by atoms with E-state index in [2.05, 4.69) is 37.4 Å². The lowest BCUT2D eigenvalue weighted by Gasteiger charge is -2.09. The molecule has 0 unspecified atom stereocenters. The van der Waals surface area contributed by atoms with Gasteiger partial charge in [0.2, 0.25) is 0 Å². The predicted octanol–water partition coefficient (Wildman–Crippen LogP) is 3.83. The summed E-state index contributed by atoms with van der Waals surface area (Å²) < 4.78 is 10.9. The molecule has 0 aliphatic carbocycles. The topological polar surface area (TPSA) is 30.5 Å². The zero-order valence-electron chi connectivity index (χ0n) is 13.0. The smallest absolute Gasteiger partial charge is 0.127 e. The lowest BCUT2D eigenvalue weighted by molar-refractivity contribution is 0.199. The average molecular weight is 285 g/mol. The minimum Gasteiger partial charge on any atom is -0.457 e. The molecule has 2 aromatic carbocycles. The fourth-order valence-electron chi connectivity index (χ4n) is 2.21. The Morgan fingerprint density at radius 2 is 1.57 bits per heavy atom. The molecule has 1 N–H and O–H groups in total. The molecule has 0 bridgehead atoms. The van der Waals surface area contributed by atoms with E-state index in [9.17, 15) is 0 Å². The van der Waals surface area contributed by atoms with Gasteiger partial charge in [-0.25, -0.2) is 0 Å². The van der Waals surface area contributed by atoms with Gasteiger partial charge in [0.05, 0.1) is 6.61 Å². The number of hydrogen-bond acceptors (Lipinski definition) is 3. The van der Waals surface area contributed by atoms with Crippen molar-refractivity contribution in [3.05, 3.63) is 59.2 Å². The summed E-state index contributed by atoms with van der Waals surface area (Å²) in [4.78, 5) is 0. The van der Waals surface area contributed by atoms with E-state index in [1.165, 1.54) is 16.7 Å². The third kappa shape index (κ3) is 5.21.